The summed E-state index contributed by atoms with van der Waals surface area (Å²) in [4.78, 5) is 24.2. The lowest BCUT2D eigenvalue weighted by atomic mass is 9.98. The second-order valence-corrected chi connectivity index (χ2v) is 11.3. The van der Waals surface area contributed by atoms with E-state index in [0.29, 0.717) is 31.4 Å². The maximum absolute atomic E-state index is 12.5. The Morgan fingerprint density at radius 3 is 2.19 bits per heavy atom. The minimum Gasteiger partial charge on any atom is -0.355 e. The van der Waals surface area contributed by atoms with Crippen LogP contribution in [0.4, 0.5) is 22.0 Å². The molecule has 3 aliphatic heterocycles. The van der Waals surface area contributed by atoms with Crippen LogP contribution in [0.1, 0.15) is 38.2 Å². The number of halogens is 5. The van der Waals surface area contributed by atoms with Crippen LogP contribution in [0.5, 0.6) is 0 Å². The van der Waals surface area contributed by atoms with Gasteiger partial charge < -0.3 is 10.2 Å². The Bertz CT molecular complexity index is 1020. The van der Waals surface area contributed by atoms with Crippen molar-refractivity contribution < 1.29 is 41.4 Å². The molecule has 1 atom stereocenters. The molecule has 3 saturated heterocycles. The molecule has 8 nitrogen and oxygen atoms in total. The monoisotopic (exact) mass is 556 g/mol. The van der Waals surface area contributed by atoms with E-state index < -0.39 is 34.3 Å². The fraction of sp³-hybridized carbons (Fsp3) is 0.652. The number of carbonyl (C=O) groups is 2. The molecule has 3 heterocycles. The third-order valence-corrected chi connectivity index (χ3v) is 8.64. The summed E-state index contributed by atoms with van der Waals surface area (Å²) in [5, 5.41) is 2.36. The van der Waals surface area contributed by atoms with Gasteiger partial charge in [0.25, 0.3) is 10.2 Å². The van der Waals surface area contributed by atoms with Crippen LogP contribution in [0.3, 0.4) is 0 Å². The highest BCUT2D eigenvalue weighted by molar-refractivity contribution is 7.86. The van der Waals surface area contributed by atoms with Crippen LogP contribution in [0.15, 0.2) is 24.3 Å². The van der Waals surface area contributed by atoms with E-state index in [1.807, 2.05) is 4.90 Å². The normalized spacial score (nSPS) is 21.8. The molecule has 0 aromatic heterocycles. The van der Waals surface area contributed by atoms with Crippen molar-refractivity contribution in [1.29, 1.82) is 0 Å². The van der Waals surface area contributed by atoms with Crippen LogP contribution in [0, 0.1) is 11.8 Å². The predicted octanol–water partition coefficient (Wildman–Crippen LogP) is 2.96. The van der Waals surface area contributed by atoms with Gasteiger partial charge in [0.1, 0.15) is 0 Å². The highest BCUT2D eigenvalue weighted by atomic mass is 32.2. The van der Waals surface area contributed by atoms with E-state index in [0.717, 1.165) is 42.4 Å². The first kappa shape index (κ1) is 29.2. The van der Waals surface area contributed by atoms with Crippen molar-refractivity contribution in [1.82, 2.24) is 18.8 Å². The zero-order valence-electron chi connectivity index (χ0n) is 20.2. The SMILES string of the molecule is O=C([C@H]1CCCN(S(=O)(=O)N2CC(C(F)F)C2)C1)N1CCCC1.O=CNCc1ccc(C(F)(F)F)cc1.[HH]. The first-order chi connectivity index (χ1) is 17.4. The quantitative estimate of drug-likeness (QED) is 0.413. The minimum atomic E-state index is -4.31. The standard InChI is InChI=1S/C14H23F2N3O3S.C9H8F3NO.H2/c15-13(16)12-9-19(10-12)23(21,22)18-7-3-4-11(8-18)14(20)17-5-1-2-6-17;10-9(11,12)8-3-1-7(2-4-8)5-13-6-14;/h11-13H,1-10H2;1-4,6H,5H2,(H,13,14);1H/t11-;;/m0../s1. The molecule has 0 unspecified atom stereocenters. The molecule has 0 aliphatic carbocycles. The van der Waals surface area contributed by atoms with Gasteiger partial charge in [-0.25, -0.2) is 8.78 Å². The Kier molecular flexibility index (Phi) is 9.86. The number of likely N-dealkylation sites (tertiary alicyclic amines) is 1. The molecule has 0 radical (unpaired) electrons. The number of nitrogens with zero attached hydrogens (tertiary/aromatic N) is 3. The number of benzene rings is 1. The second kappa shape index (κ2) is 12.5. The number of amides is 2. The molecule has 37 heavy (non-hydrogen) atoms. The van der Waals surface area contributed by atoms with E-state index in [4.69, 9.17) is 0 Å². The predicted molar refractivity (Wildman–Crippen MR) is 127 cm³/mol. The van der Waals surface area contributed by atoms with Gasteiger partial charge in [0.2, 0.25) is 18.7 Å². The summed E-state index contributed by atoms with van der Waals surface area (Å²) >= 11 is 0. The van der Waals surface area contributed by atoms with Crippen LogP contribution in [-0.2, 0) is 32.5 Å². The summed E-state index contributed by atoms with van der Waals surface area (Å²) < 4.78 is 88.8. The van der Waals surface area contributed by atoms with Gasteiger partial charge in [-0.15, -0.1) is 0 Å². The van der Waals surface area contributed by atoms with Gasteiger partial charge >= 0.3 is 6.18 Å². The molecule has 2 amide bonds. The zero-order valence-corrected chi connectivity index (χ0v) is 21.0. The molecule has 3 fully saturated rings. The van der Waals surface area contributed by atoms with Crippen molar-refractivity contribution in [3.05, 3.63) is 35.4 Å². The molecule has 3 aliphatic rings. The Morgan fingerprint density at radius 1 is 1.03 bits per heavy atom. The van der Waals surface area contributed by atoms with Gasteiger partial charge in [0.05, 0.1) is 11.5 Å². The van der Waals surface area contributed by atoms with E-state index >= 15 is 0 Å². The van der Waals surface area contributed by atoms with Crippen molar-refractivity contribution in [2.45, 2.75) is 44.8 Å². The van der Waals surface area contributed by atoms with Crippen LogP contribution < -0.4 is 5.32 Å². The van der Waals surface area contributed by atoms with Gasteiger partial charge in [0.15, 0.2) is 0 Å². The van der Waals surface area contributed by atoms with Crippen LogP contribution in [0.25, 0.3) is 0 Å². The Hall–Kier alpha value is -2.32. The molecule has 0 spiro atoms. The van der Waals surface area contributed by atoms with Crippen molar-refractivity contribution in [2.24, 2.45) is 11.8 Å². The number of rotatable bonds is 7. The Morgan fingerprint density at radius 2 is 1.65 bits per heavy atom. The zero-order chi connectivity index (χ0) is 27.2. The van der Waals surface area contributed by atoms with E-state index in [1.54, 1.807) is 0 Å². The highest BCUT2D eigenvalue weighted by Crippen LogP contribution is 2.30. The topological polar surface area (TPSA) is 90.0 Å². The van der Waals surface area contributed by atoms with E-state index in [9.17, 15) is 40.0 Å². The number of hydrogen-bond donors (Lipinski definition) is 1. The maximum Gasteiger partial charge on any atom is 0.416 e. The van der Waals surface area contributed by atoms with Gasteiger partial charge in [-0.3, -0.25) is 9.59 Å². The highest BCUT2D eigenvalue weighted by Gasteiger charge is 2.45. The molecule has 0 bridgehead atoms. The maximum atomic E-state index is 12.5. The average molecular weight is 557 g/mol. The lowest BCUT2D eigenvalue weighted by molar-refractivity contribution is -0.137. The molecular formula is C23H33F5N4O4S. The molecule has 4 rings (SSSR count). The lowest BCUT2D eigenvalue weighted by Gasteiger charge is -2.42. The Balaban J connectivity index is 0.000000292. The average Bonchev–Trinajstić information content (AvgIpc) is 3.36. The largest absolute Gasteiger partial charge is 0.416 e. The van der Waals surface area contributed by atoms with Crippen molar-refractivity contribution in [3.63, 3.8) is 0 Å². The second-order valence-electron chi connectivity index (χ2n) is 9.34. The van der Waals surface area contributed by atoms with Crippen molar-refractivity contribution in [3.8, 4) is 0 Å². The van der Waals surface area contributed by atoms with E-state index in [2.05, 4.69) is 5.32 Å². The van der Waals surface area contributed by atoms with E-state index in [1.165, 1.54) is 16.4 Å². The van der Waals surface area contributed by atoms with Crippen molar-refractivity contribution in [2.75, 3.05) is 39.3 Å². The fourth-order valence-corrected chi connectivity index (χ4v) is 6.32. The smallest absolute Gasteiger partial charge is 0.355 e. The summed E-state index contributed by atoms with van der Waals surface area (Å²) in [5.41, 5.74) is -0.0579. The number of alkyl halides is 5. The molecular weight excluding hydrogens is 523 g/mol. The Labute approximate surface area is 214 Å². The number of piperidine rings is 1. The summed E-state index contributed by atoms with van der Waals surface area (Å²) in [5.74, 6) is -1.13. The molecule has 1 aromatic rings. The summed E-state index contributed by atoms with van der Waals surface area (Å²) in [6.07, 6.45) is -2.95. The van der Waals surface area contributed by atoms with E-state index in [-0.39, 0.29) is 39.4 Å². The molecule has 0 saturated carbocycles. The summed E-state index contributed by atoms with van der Waals surface area (Å²) in [7, 11) is -3.72. The van der Waals surface area contributed by atoms with Gasteiger partial charge in [-0.05, 0) is 43.4 Å². The molecule has 14 heteroatoms. The summed E-state index contributed by atoms with van der Waals surface area (Å²) in [6.45, 7) is 2.04. The summed E-state index contributed by atoms with van der Waals surface area (Å²) in [6, 6.07) is 4.64. The van der Waals surface area contributed by atoms with Gasteiger partial charge in [0, 0.05) is 53.2 Å². The van der Waals surface area contributed by atoms with Crippen molar-refractivity contribution >= 4 is 22.5 Å². The number of carbonyl (C=O) groups excluding carboxylic acids is 2. The molecule has 1 N–H and O–H groups in total. The molecule has 210 valence electrons. The fourth-order valence-electron chi connectivity index (χ4n) is 4.50. The number of hydrogen-bond acceptors (Lipinski definition) is 4. The van der Waals surface area contributed by atoms with Gasteiger partial charge in [-0.1, -0.05) is 12.1 Å². The van der Waals surface area contributed by atoms with Crippen LogP contribution in [0.2, 0.25) is 0 Å². The minimum absolute atomic E-state index is 0. The lowest BCUT2D eigenvalue weighted by Crippen LogP contribution is -2.58. The third kappa shape index (κ3) is 7.60. The number of nitrogens with one attached hydrogen (secondary N) is 1. The first-order valence-electron chi connectivity index (χ1n) is 12.1. The first-order valence-corrected chi connectivity index (χ1v) is 13.5. The molecule has 1 aromatic carbocycles. The van der Waals surface area contributed by atoms with Gasteiger partial charge in [-0.2, -0.15) is 30.2 Å². The van der Waals surface area contributed by atoms with Crippen LogP contribution in [-0.4, -0.2) is 79.9 Å². The third-order valence-electron chi connectivity index (χ3n) is 6.71. The van der Waals surface area contributed by atoms with Crippen LogP contribution >= 0.6 is 0 Å².